The van der Waals surface area contributed by atoms with E-state index in [0.29, 0.717) is 17.9 Å². The quantitative estimate of drug-likeness (QED) is 0.726. The molecule has 0 saturated heterocycles. The van der Waals surface area contributed by atoms with Crippen LogP contribution in [0.15, 0.2) is 12.3 Å². The topological polar surface area (TPSA) is 60.1 Å². The van der Waals surface area contributed by atoms with E-state index in [9.17, 15) is 4.79 Å². The summed E-state index contributed by atoms with van der Waals surface area (Å²) < 4.78 is 1.83. The molecule has 1 aromatic heterocycles. The molecule has 1 amide bonds. The summed E-state index contributed by atoms with van der Waals surface area (Å²) in [6, 6.07) is 1.69. The van der Waals surface area contributed by atoms with Gasteiger partial charge in [0.05, 0.1) is 5.69 Å². The maximum Gasteiger partial charge on any atom is 0.267 e. The Hall–Kier alpha value is -1.45. The summed E-state index contributed by atoms with van der Waals surface area (Å²) in [6.07, 6.45) is 1.77. The summed E-state index contributed by atoms with van der Waals surface area (Å²) in [6.45, 7) is 5.25. The standard InChI is InChI=1S/C9H15N3O/c1-3-11-9(13)8-5-7(10)6-12(8)4-2/h5-6H,3-4,10H2,1-2H3,(H,11,13). The fourth-order valence-corrected chi connectivity index (χ4v) is 1.24. The molecule has 0 radical (unpaired) electrons. The van der Waals surface area contributed by atoms with Gasteiger partial charge < -0.3 is 15.6 Å². The zero-order valence-electron chi connectivity index (χ0n) is 8.00. The number of carbonyl (C=O) groups excluding carboxylic acids is 1. The van der Waals surface area contributed by atoms with Gasteiger partial charge in [-0.05, 0) is 19.9 Å². The second-order valence-electron chi connectivity index (χ2n) is 2.80. The van der Waals surface area contributed by atoms with Crippen LogP contribution in [-0.2, 0) is 6.54 Å². The Morgan fingerprint density at radius 2 is 2.31 bits per heavy atom. The Morgan fingerprint density at radius 3 is 2.85 bits per heavy atom. The van der Waals surface area contributed by atoms with Gasteiger partial charge in [0.15, 0.2) is 0 Å². The van der Waals surface area contributed by atoms with Crippen molar-refractivity contribution in [1.29, 1.82) is 0 Å². The molecule has 3 N–H and O–H groups in total. The van der Waals surface area contributed by atoms with Crippen molar-refractivity contribution in [3.05, 3.63) is 18.0 Å². The van der Waals surface area contributed by atoms with E-state index in [0.717, 1.165) is 6.54 Å². The molecule has 0 saturated carbocycles. The summed E-state index contributed by atoms with van der Waals surface area (Å²) in [5.41, 5.74) is 6.84. The van der Waals surface area contributed by atoms with Crippen molar-refractivity contribution in [2.75, 3.05) is 12.3 Å². The molecule has 0 aliphatic rings. The van der Waals surface area contributed by atoms with E-state index < -0.39 is 0 Å². The van der Waals surface area contributed by atoms with Gasteiger partial charge in [0.25, 0.3) is 5.91 Å². The van der Waals surface area contributed by atoms with Crippen LogP contribution in [0.25, 0.3) is 0 Å². The highest BCUT2D eigenvalue weighted by molar-refractivity contribution is 5.93. The number of hydrogen-bond donors (Lipinski definition) is 2. The molecule has 4 nitrogen and oxygen atoms in total. The monoisotopic (exact) mass is 181 g/mol. The van der Waals surface area contributed by atoms with E-state index in [1.54, 1.807) is 12.3 Å². The number of nitrogens with two attached hydrogens (primary N) is 1. The number of carbonyl (C=O) groups is 1. The molecule has 0 aliphatic carbocycles. The molecule has 0 atom stereocenters. The lowest BCUT2D eigenvalue weighted by Gasteiger charge is -2.04. The smallest absolute Gasteiger partial charge is 0.267 e. The number of aromatic nitrogens is 1. The number of nitrogen functional groups attached to an aromatic ring is 1. The first-order valence-electron chi connectivity index (χ1n) is 4.42. The summed E-state index contributed by atoms with van der Waals surface area (Å²) >= 11 is 0. The molecule has 72 valence electrons. The Balaban J connectivity index is 2.91. The summed E-state index contributed by atoms with van der Waals surface area (Å²) in [7, 11) is 0. The third-order valence-electron chi connectivity index (χ3n) is 1.83. The lowest BCUT2D eigenvalue weighted by atomic mass is 10.4. The van der Waals surface area contributed by atoms with Gasteiger partial charge in [0, 0.05) is 19.3 Å². The van der Waals surface area contributed by atoms with Crippen LogP contribution in [0.3, 0.4) is 0 Å². The van der Waals surface area contributed by atoms with Gasteiger partial charge >= 0.3 is 0 Å². The van der Waals surface area contributed by atoms with Gasteiger partial charge in [-0.2, -0.15) is 0 Å². The van der Waals surface area contributed by atoms with Gasteiger partial charge in [-0.1, -0.05) is 0 Å². The van der Waals surface area contributed by atoms with E-state index in [-0.39, 0.29) is 5.91 Å². The predicted octanol–water partition coefficient (Wildman–Crippen LogP) is 0.840. The number of nitrogens with one attached hydrogen (secondary N) is 1. The minimum atomic E-state index is -0.0685. The third kappa shape index (κ3) is 2.02. The van der Waals surface area contributed by atoms with Crippen LogP contribution >= 0.6 is 0 Å². The van der Waals surface area contributed by atoms with E-state index in [4.69, 9.17) is 5.73 Å². The molecule has 0 spiro atoms. The minimum Gasteiger partial charge on any atom is -0.397 e. The van der Waals surface area contributed by atoms with Gasteiger partial charge in [0.1, 0.15) is 5.69 Å². The van der Waals surface area contributed by atoms with Crippen molar-refractivity contribution in [3.8, 4) is 0 Å². The maximum atomic E-state index is 11.5. The van der Waals surface area contributed by atoms with E-state index in [1.165, 1.54) is 0 Å². The lowest BCUT2D eigenvalue weighted by molar-refractivity contribution is 0.0946. The van der Waals surface area contributed by atoms with Gasteiger partial charge in [-0.3, -0.25) is 4.79 Å². The van der Waals surface area contributed by atoms with E-state index in [2.05, 4.69) is 5.32 Å². The molecule has 1 aromatic rings. The molecule has 1 rings (SSSR count). The normalized spacial score (nSPS) is 10.0. The minimum absolute atomic E-state index is 0.0685. The molecule has 0 aliphatic heterocycles. The van der Waals surface area contributed by atoms with Crippen molar-refractivity contribution >= 4 is 11.6 Å². The van der Waals surface area contributed by atoms with Crippen LogP contribution in [0.2, 0.25) is 0 Å². The molecule has 4 heteroatoms. The van der Waals surface area contributed by atoms with Crippen molar-refractivity contribution in [3.63, 3.8) is 0 Å². The van der Waals surface area contributed by atoms with Crippen LogP contribution in [0.4, 0.5) is 5.69 Å². The summed E-state index contributed by atoms with van der Waals surface area (Å²) in [4.78, 5) is 11.5. The lowest BCUT2D eigenvalue weighted by Crippen LogP contribution is -2.25. The van der Waals surface area contributed by atoms with E-state index in [1.807, 2.05) is 18.4 Å². The average Bonchev–Trinajstić information content (AvgIpc) is 2.47. The second kappa shape index (κ2) is 3.98. The number of nitrogens with zero attached hydrogens (tertiary/aromatic N) is 1. The number of anilines is 1. The number of hydrogen-bond acceptors (Lipinski definition) is 2. The molecular formula is C9H15N3O. The van der Waals surface area contributed by atoms with Crippen molar-refractivity contribution < 1.29 is 4.79 Å². The SMILES string of the molecule is CCNC(=O)c1cc(N)cn1CC. The Kier molecular flexibility index (Phi) is 2.95. The highest BCUT2D eigenvalue weighted by Gasteiger charge is 2.10. The summed E-state index contributed by atoms with van der Waals surface area (Å²) in [5.74, 6) is -0.0685. The molecular weight excluding hydrogens is 166 g/mol. The fourth-order valence-electron chi connectivity index (χ4n) is 1.24. The van der Waals surface area contributed by atoms with Crippen LogP contribution in [0, 0.1) is 0 Å². The zero-order chi connectivity index (χ0) is 9.84. The van der Waals surface area contributed by atoms with Crippen LogP contribution in [-0.4, -0.2) is 17.0 Å². The Labute approximate surface area is 77.7 Å². The fraction of sp³-hybridized carbons (Fsp3) is 0.444. The first kappa shape index (κ1) is 9.64. The second-order valence-corrected chi connectivity index (χ2v) is 2.80. The number of amides is 1. The van der Waals surface area contributed by atoms with E-state index >= 15 is 0 Å². The largest absolute Gasteiger partial charge is 0.397 e. The Morgan fingerprint density at radius 1 is 1.62 bits per heavy atom. The van der Waals surface area contributed by atoms with Gasteiger partial charge in [-0.15, -0.1) is 0 Å². The highest BCUT2D eigenvalue weighted by atomic mass is 16.1. The maximum absolute atomic E-state index is 11.5. The molecule has 0 aromatic carbocycles. The van der Waals surface area contributed by atoms with Gasteiger partial charge in [-0.25, -0.2) is 0 Å². The zero-order valence-corrected chi connectivity index (χ0v) is 8.00. The molecule has 0 fully saturated rings. The van der Waals surface area contributed by atoms with Crippen molar-refractivity contribution in [2.45, 2.75) is 20.4 Å². The first-order chi connectivity index (χ1) is 6.19. The predicted molar refractivity (Wildman–Crippen MR) is 52.5 cm³/mol. The Bertz CT molecular complexity index is 304. The van der Waals surface area contributed by atoms with Crippen molar-refractivity contribution in [1.82, 2.24) is 9.88 Å². The van der Waals surface area contributed by atoms with Gasteiger partial charge in [0.2, 0.25) is 0 Å². The highest BCUT2D eigenvalue weighted by Crippen LogP contribution is 2.09. The number of rotatable bonds is 3. The van der Waals surface area contributed by atoms with Crippen LogP contribution < -0.4 is 11.1 Å². The van der Waals surface area contributed by atoms with Crippen LogP contribution in [0.5, 0.6) is 0 Å². The van der Waals surface area contributed by atoms with Crippen LogP contribution in [0.1, 0.15) is 24.3 Å². The average molecular weight is 181 g/mol. The number of aryl methyl sites for hydroxylation is 1. The molecule has 13 heavy (non-hydrogen) atoms. The third-order valence-corrected chi connectivity index (χ3v) is 1.83. The first-order valence-corrected chi connectivity index (χ1v) is 4.42. The molecule has 0 unspecified atom stereocenters. The molecule has 1 heterocycles. The summed E-state index contributed by atoms with van der Waals surface area (Å²) in [5, 5.41) is 2.73. The van der Waals surface area contributed by atoms with Crippen molar-refractivity contribution in [2.24, 2.45) is 0 Å². The molecule has 0 bridgehead atoms.